The van der Waals surface area contributed by atoms with Crippen molar-refractivity contribution in [3.63, 3.8) is 0 Å². The fourth-order valence-electron chi connectivity index (χ4n) is 2.65. The summed E-state index contributed by atoms with van der Waals surface area (Å²) < 4.78 is 27.1. The van der Waals surface area contributed by atoms with E-state index in [9.17, 15) is 23.1 Å². The normalized spacial score (nSPS) is 19.3. The monoisotopic (exact) mass is 352 g/mol. The van der Waals surface area contributed by atoms with Crippen LogP contribution < -0.4 is 10.0 Å². The number of rotatable bonds is 7. The summed E-state index contributed by atoms with van der Waals surface area (Å²) >= 11 is 0. The minimum absolute atomic E-state index is 0.00813. The van der Waals surface area contributed by atoms with E-state index in [-0.39, 0.29) is 10.5 Å². The van der Waals surface area contributed by atoms with Gasteiger partial charge in [-0.15, -0.1) is 0 Å². The van der Waals surface area contributed by atoms with E-state index < -0.39 is 27.4 Å². The molecule has 3 N–H and O–H groups in total. The molecule has 1 amide bonds. The molecule has 0 bridgehead atoms. The fraction of sp³-hybridized carbons (Fsp3) is 0.500. The van der Waals surface area contributed by atoms with Gasteiger partial charge in [0.05, 0.1) is 4.90 Å². The van der Waals surface area contributed by atoms with E-state index in [1.165, 1.54) is 24.3 Å². The molecule has 0 atom stereocenters. The van der Waals surface area contributed by atoms with Crippen LogP contribution in [0.15, 0.2) is 29.2 Å². The summed E-state index contributed by atoms with van der Waals surface area (Å²) in [5.41, 5.74) is -1.09. The van der Waals surface area contributed by atoms with E-state index in [0.29, 0.717) is 25.3 Å². The molecule has 0 aliphatic heterocycles. The average Bonchev–Trinajstić information content (AvgIpc) is 3.33. The molecule has 0 spiro atoms. The SMILES string of the molecule is O=C(NC1(C(=O)O)CCC1)c1cccc(S(=O)(=O)NCC2CC2)c1. The van der Waals surface area contributed by atoms with Crippen molar-refractivity contribution in [2.45, 2.75) is 42.5 Å². The smallest absolute Gasteiger partial charge is 0.329 e. The van der Waals surface area contributed by atoms with Gasteiger partial charge in [-0.3, -0.25) is 4.79 Å². The van der Waals surface area contributed by atoms with Crippen LogP contribution in [0.25, 0.3) is 0 Å². The van der Waals surface area contributed by atoms with E-state index in [4.69, 9.17) is 0 Å². The summed E-state index contributed by atoms with van der Waals surface area (Å²) in [4.78, 5) is 23.7. The number of carbonyl (C=O) groups is 2. The molecule has 7 nitrogen and oxygen atoms in total. The van der Waals surface area contributed by atoms with Gasteiger partial charge in [-0.25, -0.2) is 17.9 Å². The lowest BCUT2D eigenvalue weighted by atomic mass is 9.76. The summed E-state index contributed by atoms with van der Waals surface area (Å²) in [7, 11) is -3.67. The first-order valence-electron chi connectivity index (χ1n) is 7.98. The van der Waals surface area contributed by atoms with Crippen molar-refractivity contribution in [3.8, 4) is 0 Å². The Kier molecular flexibility index (Phi) is 4.35. The van der Waals surface area contributed by atoms with E-state index in [0.717, 1.165) is 19.3 Å². The second-order valence-corrected chi connectivity index (χ2v) is 8.28. The number of hydrogen-bond donors (Lipinski definition) is 3. The van der Waals surface area contributed by atoms with Crippen LogP contribution in [0.2, 0.25) is 0 Å². The fourth-order valence-corrected chi connectivity index (χ4v) is 3.81. The maximum atomic E-state index is 12.3. The largest absolute Gasteiger partial charge is 0.480 e. The highest BCUT2D eigenvalue weighted by atomic mass is 32.2. The highest BCUT2D eigenvalue weighted by molar-refractivity contribution is 7.89. The van der Waals surface area contributed by atoms with Gasteiger partial charge in [0.1, 0.15) is 5.54 Å². The molecule has 0 saturated heterocycles. The molecular weight excluding hydrogens is 332 g/mol. The molecule has 24 heavy (non-hydrogen) atoms. The maximum Gasteiger partial charge on any atom is 0.329 e. The second-order valence-electron chi connectivity index (χ2n) is 6.52. The van der Waals surface area contributed by atoms with E-state index in [1.54, 1.807) is 0 Å². The number of benzene rings is 1. The molecular formula is C16H20N2O5S. The van der Waals surface area contributed by atoms with Crippen LogP contribution in [-0.4, -0.2) is 37.5 Å². The number of aliphatic carboxylic acids is 1. The highest BCUT2D eigenvalue weighted by Crippen LogP contribution is 2.32. The van der Waals surface area contributed by atoms with E-state index in [2.05, 4.69) is 10.0 Å². The van der Waals surface area contributed by atoms with E-state index >= 15 is 0 Å². The van der Waals surface area contributed by atoms with Gasteiger partial charge in [-0.2, -0.15) is 0 Å². The average molecular weight is 352 g/mol. The first-order chi connectivity index (χ1) is 11.3. The van der Waals surface area contributed by atoms with Crippen molar-refractivity contribution >= 4 is 21.9 Å². The standard InChI is InChI=1S/C16H20N2O5S/c19-14(18-16(15(20)21)7-2-8-16)12-3-1-4-13(9-12)24(22,23)17-10-11-5-6-11/h1,3-4,9,11,17H,2,5-8,10H2,(H,18,19)(H,20,21). The molecule has 1 aromatic rings. The van der Waals surface area contributed by atoms with Crippen molar-refractivity contribution in [2.24, 2.45) is 5.92 Å². The molecule has 2 aliphatic carbocycles. The number of carboxylic acid groups (broad SMARTS) is 1. The van der Waals surface area contributed by atoms with E-state index in [1.807, 2.05) is 0 Å². The number of amides is 1. The Morgan fingerprint density at radius 1 is 1.25 bits per heavy atom. The van der Waals surface area contributed by atoms with Crippen molar-refractivity contribution in [2.75, 3.05) is 6.54 Å². The van der Waals surface area contributed by atoms with Crippen LogP contribution in [0.5, 0.6) is 0 Å². The van der Waals surface area contributed by atoms with Crippen LogP contribution in [-0.2, 0) is 14.8 Å². The third-order valence-corrected chi connectivity index (χ3v) is 6.06. The lowest BCUT2D eigenvalue weighted by molar-refractivity contribution is -0.148. The quantitative estimate of drug-likeness (QED) is 0.680. The second kappa shape index (κ2) is 6.18. The molecule has 8 heteroatoms. The molecule has 0 unspecified atom stereocenters. The van der Waals surface area contributed by atoms with Gasteiger partial charge in [0.25, 0.3) is 5.91 Å². The Hall–Kier alpha value is -1.93. The molecule has 2 aliphatic rings. The van der Waals surface area contributed by atoms with Gasteiger partial charge in [0, 0.05) is 12.1 Å². The number of carboxylic acids is 1. The van der Waals surface area contributed by atoms with Crippen LogP contribution in [0.4, 0.5) is 0 Å². The lowest BCUT2D eigenvalue weighted by Gasteiger charge is -2.38. The maximum absolute atomic E-state index is 12.3. The molecule has 0 radical (unpaired) electrons. The number of hydrogen-bond acceptors (Lipinski definition) is 4. The zero-order chi connectivity index (χ0) is 17.4. The van der Waals surface area contributed by atoms with Crippen LogP contribution in [0.1, 0.15) is 42.5 Å². The summed E-state index contributed by atoms with van der Waals surface area (Å²) in [6.07, 6.45) is 3.57. The van der Waals surface area contributed by atoms with Gasteiger partial charge in [-0.05, 0) is 56.2 Å². The third-order valence-electron chi connectivity index (χ3n) is 4.63. The highest BCUT2D eigenvalue weighted by Gasteiger charge is 2.45. The Bertz CT molecular complexity index is 766. The number of sulfonamides is 1. The van der Waals surface area contributed by atoms with Gasteiger partial charge in [0.15, 0.2) is 0 Å². The third kappa shape index (κ3) is 3.44. The molecule has 3 rings (SSSR count). The minimum atomic E-state index is -3.67. The zero-order valence-electron chi connectivity index (χ0n) is 13.1. The predicted molar refractivity (Wildman–Crippen MR) is 86.0 cm³/mol. The predicted octanol–water partition coefficient (Wildman–Crippen LogP) is 1.11. The Balaban J connectivity index is 1.74. The zero-order valence-corrected chi connectivity index (χ0v) is 13.9. The van der Waals surface area contributed by atoms with Crippen LogP contribution in [0, 0.1) is 5.92 Å². The Morgan fingerprint density at radius 2 is 1.96 bits per heavy atom. The minimum Gasteiger partial charge on any atom is -0.480 e. The summed E-state index contributed by atoms with van der Waals surface area (Å²) in [6.45, 7) is 0.404. The molecule has 130 valence electrons. The van der Waals surface area contributed by atoms with Crippen molar-refractivity contribution in [1.82, 2.24) is 10.0 Å². The lowest BCUT2D eigenvalue weighted by Crippen LogP contribution is -2.59. The topological polar surface area (TPSA) is 113 Å². The summed E-state index contributed by atoms with van der Waals surface area (Å²) in [5.74, 6) is -1.23. The Labute approximate surface area is 140 Å². The Morgan fingerprint density at radius 3 is 2.50 bits per heavy atom. The summed E-state index contributed by atoms with van der Waals surface area (Å²) in [6, 6.07) is 5.65. The van der Waals surface area contributed by atoms with Gasteiger partial charge < -0.3 is 10.4 Å². The number of carbonyl (C=O) groups excluding carboxylic acids is 1. The molecule has 2 fully saturated rings. The molecule has 2 saturated carbocycles. The van der Waals surface area contributed by atoms with Crippen LogP contribution in [0.3, 0.4) is 0 Å². The van der Waals surface area contributed by atoms with Gasteiger partial charge in [0.2, 0.25) is 10.0 Å². The molecule has 0 heterocycles. The molecule has 1 aromatic carbocycles. The van der Waals surface area contributed by atoms with Crippen LogP contribution >= 0.6 is 0 Å². The van der Waals surface area contributed by atoms with Gasteiger partial charge >= 0.3 is 5.97 Å². The number of nitrogens with one attached hydrogen (secondary N) is 2. The summed E-state index contributed by atoms with van der Waals surface area (Å²) in [5, 5.41) is 11.8. The molecule has 0 aromatic heterocycles. The van der Waals surface area contributed by atoms with Gasteiger partial charge in [-0.1, -0.05) is 6.07 Å². The van der Waals surface area contributed by atoms with Crippen molar-refractivity contribution < 1.29 is 23.1 Å². The van der Waals surface area contributed by atoms with Crippen molar-refractivity contribution in [3.05, 3.63) is 29.8 Å². The van der Waals surface area contributed by atoms with Crippen molar-refractivity contribution in [1.29, 1.82) is 0 Å². The first kappa shape index (κ1) is 16.9. The first-order valence-corrected chi connectivity index (χ1v) is 9.46.